The number of ketones is 1. The second-order valence-electron chi connectivity index (χ2n) is 7.07. The number of hydrogen-bond acceptors (Lipinski definition) is 3. The minimum absolute atomic E-state index is 0. The largest absolute Gasteiger partial charge is 1.00 e. The summed E-state index contributed by atoms with van der Waals surface area (Å²) in [5.74, 6) is 0.893. The molecular weight excluding hydrogens is 339 g/mol. The normalized spacial score (nSPS) is 15.2. The number of carbonyl (C=O) groups excluding carboxylic acids is 1. The minimum Gasteiger partial charge on any atom is -1.00 e. The van der Waals surface area contributed by atoms with Gasteiger partial charge in [0.25, 0.3) is 0 Å². The van der Waals surface area contributed by atoms with E-state index in [2.05, 4.69) is 48.0 Å². The number of piperidine rings is 1. The first-order valence-electron chi connectivity index (χ1n) is 8.88. The van der Waals surface area contributed by atoms with Crippen molar-refractivity contribution in [2.24, 2.45) is 11.8 Å². The number of fused-ring (bicyclic) bond motifs is 1. The zero-order chi connectivity index (χ0) is 17.1. The fourth-order valence-corrected chi connectivity index (χ4v) is 3.38. The maximum Gasteiger partial charge on any atom is 1.00 e. The van der Waals surface area contributed by atoms with E-state index in [0.29, 0.717) is 11.7 Å². The Kier molecular flexibility index (Phi) is 8.90. The van der Waals surface area contributed by atoms with Crippen LogP contribution in [0.2, 0.25) is 0 Å². The predicted molar refractivity (Wildman–Crippen MR) is 100 cm³/mol. The monoisotopic (exact) mass is 364 g/mol. The van der Waals surface area contributed by atoms with Gasteiger partial charge in [-0.2, -0.15) is 0 Å². The number of pyridine rings is 1. The molecule has 1 aliphatic rings. The van der Waals surface area contributed by atoms with Gasteiger partial charge in [-0.15, -0.1) is 0 Å². The Balaban J connectivity index is 0.00000169. The van der Waals surface area contributed by atoms with Gasteiger partial charge in [-0.1, -0.05) is 38.1 Å². The van der Waals surface area contributed by atoms with E-state index < -0.39 is 0 Å². The summed E-state index contributed by atoms with van der Waals surface area (Å²) in [5.41, 5.74) is 3.34. The van der Waals surface area contributed by atoms with E-state index in [9.17, 15) is 4.79 Å². The van der Waals surface area contributed by atoms with E-state index in [1.807, 2.05) is 19.1 Å². The summed E-state index contributed by atoms with van der Waals surface area (Å²) in [5, 5.41) is 1.20. The van der Waals surface area contributed by atoms with Gasteiger partial charge < -0.3 is 17.3 Å². The van der Waals surface area contributed by atoms with Gasteiger partial charge in [-0.25, -0.2) is 0 Å². The number of rotatable bonds is 4. The Bertz CT molecular complexity index is 768. The van der Waals surface area contributed by atoms with Gasteiger partial charge in [0.2, 0.25) is 0 Å². The molecule has 1 fully saturated rings. The summed E-state index contributed by atoms with van der Waals surface area (Å²) in [6, 6.07) is 10.5. The SMILES string of the molecule is Cc1cc(N2CCC(C(=O)/C=C/C(C)C)CC2)c2ccccc2n1.[Cl-].[Li+]. The third-order valence-electron chi connectivity index (χ3n) is 4.71. The first-order valence-corrected chi connectivity index (χ1v) is 8.88. The zero-order valence-corrected chi connectivity index (χ0v) is 17.0. The van der Waals surface area contributed by atoms with Crippen molar-refractivity contribution in [3.8, 4) is 0 Å². The fraction of sp³-hybridized carbons (Fsp3) is 0.429. The van der Waals surface area contributed by atoms with Gasteiger partial charge in [0.05, 0.1) is 5.52 Å². The molecular formula is C21H26ClLiN2O. The number of aromatic nitrogens is 1. The van der Waals surface area contributed by atoms with Crippen LogP contribution in [0.15, 0.2) is 42.5 Å². The summed E-state index contributed by atoms with van der Waals surface area (Å²) in [6.07, 6.45) is 5.65. The Hall–Kier alpha value is -1.27. The van der Waals surface area contributed by atoms with Gasteiger partial charge >= 0.3 is 18.9 Å². The van der Waals surface area contributed by atoms with E-state index in [4.69, 9.17) is 0 Å². The molecule has 1 aromatic heterocycles. The van der Waals surface area contributed by atoms with E-state index >= 15 is 0 Å². The second-order valence-corrected chi connectivity index (χ2v) is 7.07. The van der Waals surface area contributed by atoms with Crippen LogP contribution in [0, 0.1) is 18.8 Å². The molecule has 0 unspecified atom stereocenters. The maximum absolute atomic E-state index is 12.3. The van der Waals surface area contributed by atoms with Crippen LogP contribution in [-0.2, 0) is 4.79 Å². The van der Waals surface area contributed by atoms with Crippen LogP contribution in [0.4, 0.5) is 5.69 Å². The first kappa shape index (κ1) is 22.8. The minimum atomic E-state index is 0. The van der Waals surface area contributed by atoms with Gasteiger partial charge in [0, 0.05) is 35.8 Å². The van der Waals surface area contributed by atoms with Crippen molar-refractivity contribution >= 4 is 22.4 Å². The van der Waals surface area contributed by atoms with E-state index in [0.717, 1.165) is 37.1 Å². The standard InChI is InChI=1S/C21H26N2O.ClH.Li/c1-15(2)8-9-21(24)17-10-12-23(13-11-17)20-14-16(3)22-19-7-5-4-6-18(19)20;;/h4-9,14-15,17H,10-13H2,1-3H3;1H;/q;;+1/p-1/b9-8+;;. The van der Waals surface area contributed by atoms with Crippen LogP contribution in [-0.4, -0.2) is 23.9 Å². The summed E-state index contributed by atoms with van der Waals surface area (Å²) < 4.78 is 0. The number of benzene rings is 1. The van der Waals surface area contributed by atoms with Crippen molar-refractivity contribution in [1.29, 1.82) is 0 Å². The molecule has 134 valence electrons. The van der Waals surface area contributed by atoms with Crippen LogP contribution < -0.4 is 36.2 Å². The molecule has 0 amide bonds. The topological polar surface area (TPSA) is 33.2 Å². The molecule has 1 aliphatic heterocycles. The third kappa shape index (κ3) is 5.36. The van der Waals surface area contributed by atoms with Crippen LogP contribution in [0.25, 0.3) is 10.9 Å². The molecule has 2 aromatic rings. The Morgan fingerprint density at radius 3 is 2.54 bits per heavy atom. The molecule has 1 aromatic carbocycles. The fourth-order valence-electron chi connectivity index (χ4n) is 3.38. The summed E-state index contributed by atoms with van der Waals surface area (Å²) in [6.45, 7) is 8.11. The van der Waals surface area contributed by atoms with Crippen molar-refractivity contribution in [2.45, 2.75) is 33.6 Å². The Morgan fingerprint density at radius 2 is 1.88 bits per heavy atom. The van der Waals surface area contributed by atoms with Gasteiger partial charge in [0.15, 0.2) is 5.78 Å². The quantitative estimate of drug-likeness (QED) is 0.491. The number of allylic oxidation sites excluding steroid dienone is 2. The van der Waals surface area contributed by atoms with Gasteiger partial charge in [-0.05, 0) is 43.9 Å². The van der Waals surface area contributed by atoms with Crippen molar-refractivity contribution in [1.82, 2.24) is 4.98 Å². The van der Waals surface area contributed by atoms with Crippen molar-refractivity contribution in [3.05, 3.63) is 48.2 Å². The van der Waals surface area contributed by atoms with Gasteiger partial charge in [0.1, 0.15) is 0 Å². The van der Waals surface area contributed by atoms with Crippen molar-refractivity contribution in [2.75, 3.05) is 18.0 Å². The summed E-state index contributed by atoms with van der Waals surface area (Å²) in [4.78, 5) is 19.3. The number of nitrogens with zero attached hydrogens (tertiary/aromatic N) is 2. The molecule has 0 saturated carbocycles. The van der Waals surface area contributed by atoms with E-state index in [1.54, 1.807) is 6.08 Å². The number of halogens is 1. The van der Waals surface area contributed by atoms with Crippen LogP contribution in [0.1, 0.15) is 32.4 Å². The number of hydrogen-bond donors (Lipinski definition) is 0. The summed E-state index contributed by atoms with van der Waals surface area (Å²) >= 11 is 0. The van der Waals surface area contributed by atoms with Crippen molar-refractivity contribution < 1.29 is 36.1 Å². The molecule has 0 bridgehead atoms. The zero-order valence-electron chi connectivity index (χ0n) is 16.2. The third-order valence-corrected chi connectivity index (χ3v) is 4.71. The maximum atomic E-state index is 12.3. The molecule has 26 heavy (non-hydrogen) atoms. The average Bonchev–Trinajstić information content (AvgIpc) is 2.59. The van der Waals surface area contributed by atoms with Crippen LogP contribution >= 0.6 is 0 Å². The molecule has 3 nitrogen and oxygen atoms in total. The number of aryl methyl sites for hydroxylation is 1. The number of anilines is 1. The second kappa shape index (κ2) is 10.2. The Labute approximate surface area is 174 Å². The predicted octanol–water partition coefficient (Wildman–Crippen LogP) is -1.45. The van der Waals surface area contributed by atoms with Crippen LogP contribution in [0.5, 0.6) is 0 Å². The van der Waals surface area contributed by atoms with Crippen molar-refractivity contribution in [3.63, 3.8) is 0 Å². The van der Waals surface area contributed by atoms with E-state index in [1.165, 1.54) is 11.1 Å². The molecule has 0 aliphatic carbocycles. The van der Waals surface area contributed by atoms with Crippen LogP contribution in [0.3, 0.4) is 0 Å². The Morgan fingerprint density at radius 1 is 1.23 bits per heavy atom. The molecule has 1 saturated heterocycles. The first-order chi connectivity index (χ1) is 11.5. The molecule has 0 N–H and O–H groups in total. The smallest absolute Gasteiger partial charge is 1.00 e. The molecule has 0 radical (unpaired) electrons. The number of para-hydroxylation sites is 1. The van der Waals surface area contributed by atoms with Gasteiger partial charge in [-0.3, -0.25) is 9.78 Å². The van der Waals surface area contributed by atoms with E-state index in [-0.39, 0.29) is 37.2 Å². The molecule has 5 heteroatoms. The number of carbonyl (C=O) groups is 1. The molecule has 0 spiro atoms. The average molecular weight is 365 g/mol. The molecule has 0 atom stereocenters. The molecule has 3 rings (SSSR count). The molecule has 2 heterocycles. The summed E-state index contributed by atoms with van der Waals surface area (Å²) in [7, 11) is 0.